The molecule has 2 heterocycles. The van der Waals surface area contributed by atoms with Gasteiger partial charge in [-0.2, -0.15) is 0 Å². The Bertz CT molecular complexity index is 606. The summed E-state index contributed by atoms with van der Waals surface area (Å²) in [5, 5.41) is 4.27. The van der Waals surface area contributed by atoms with Gasteiger partial charge in [0.05, 0.1) is 5.71 Å². The Morgan fingerprint density at radius 1 is 1.32 bits per heavy atom. The SMILES string of the molecule is CCC(=NOC)C1=C(c2ccc(F)cc2)CC2CC[C@H]1N2C. The van der Waals surface area contributed by atoms with Crippen molar-refractivity contribution in [2.75, 3.05) is 14.2 Å². The highest BCUT2D eigenvalue weighted by Gasteiger charge is 2.40. The maximum absolute atomic E-state index is 13.3. The zero-order chi connectivity index (χ0) is 15.7. The van der Waals surface area contributed by atoms with Gasteiger partial charge in [0.1, 0.15) is 12.9 Å². The van der Waals surface area contributed by atoms with Crippen LogP contribution in [0, 0.1) is 5.82 Å². The largest absolute Gasteiger partial charge is 0.399 e. The van der Waals surface area contributed by atoms with Crippen molar-refractivity contribution in [1.82, 2.24) is 4.90 Å². The van der Waals surface area contributed by atoms with Crippen LogP contribution in [0.25, 0.3) is 5.57 Å². The lowest BCUT2D eigenvalue weighted by atomic mass is 9.85. The summed E-state index contributed by atoms with van der Waals surface area (Å²) < 4.78 is 13.3. The van der Waals surface area contributed by atoms with Crippen LogP contribution in [-0.4, -0.2) is 36.9 Å². The van der Waals surface area contributed by atoms with Crippen molar-refractivity contribution in [3.63, 3.8) is 0 Å². The van der Waals surface area contributed by atoms with Gasteiger partial charge in [-0.15, -0.1) is 0 Å². The van der Waals surface area contributed by atoms with Gasteiger partial charge in [-0.05, 0) is 61.6 Å². The highest BCUT2D eigenvalue weighted by molar-refractivity contribution is 6.07. The molecule has 1 saturated heterocycles. The lowest BCUT2D eigenvalue weighted by Gasteiger charge is -2.35. The molecule has 2 aliphatic rings. The van der Waals surface area contributed by atoms with Crippen LogP contribution >= 0.6 is 0 Å². The van der Waals surface area contributed by atoms with Crippen molar-refractivity contribution in [2.45, 2.75) is 44.7 Å². The molecule has 1 unspecified atom stereocenters. The molecule has 2 atom stereocenters. The standard InChI is InChI=1S/C18H23FN2O/c1-4-16(20-22-3)18-15(12-5-7-13(19)8-6-12)11-14-9-10-17(18)21(14)2/h5-8,14,17H,4,9-11H2,1-3H3/t14?,17-/m1/s1. The molecule has 0 amide bonds. The Balaban J connectivity index is 2.13. The Morgan fingerprint density at radius 2 is 2.05 bits per heavy atom. The third-order valence-corrected chi connectivity index (χ3v) is 4.98. The molecule has 1 fully saturated rings. The van der Waals surface area contributed by atoms with Crippen LogP contribution in [0.3, 0.4) is 0 Å². The predicted molar refractivity (Wildman–Crippen MR) is 87.2 cm³/mol. The van der Waals surface area contributed by atoms with E-state index in [1.54, 1.807) is 19.2 Å². The minimum Gasteiger partial charge on any atom is -0.399 e. The zero-order valence-electron chi connectivity index (χ0n) is 13.5. The number of hydrogen-bond acceptors (Lipinski definition) is 3. The predicted octanol–water partition coefficient (Wildman–Crippen LogP) is 3.86. The number of oxime groups is 1. The van der Waals surface area contributed by atoms with Crippen LogP contribution in [0.15, 0.2) is 35.0 Å². The van der Waals surface area contributed by atoms with Gasteiger partial charge in [-0.3, -0.25) is 4.90 Å². The molecule has 0 aliphatic carbocycles. The molecule has 0 N–H and O–H groups in total. The highest BCUT2D eigenvalue weighted by Crippen LogP contribution is 2.43. The van der Waals surface area contributed by atoms with E-state index in [0.29, 0.717) is 12.1 Å². The van der Waals surface area contributed by atoms with E-state index in [1.807, 2.05) is 12.1 Å². The molecule has 3 rings (SSSR count). The second-order valence-corrected chi connectivity index (χ2v) is 6.09. The summed E-state index contributed by atoms with van der Waals surface area (Å²) in [5.74, 6) is -0.192. The van der Waals surface area contributed by atoms with Gasteiger partial charge in [0.2, 0.25) is 0 Å². The van der Waals surface area contributed by atoms with E-state index in [9.17, 15) is 4.39 Å². The number of benzene rings is 1. The summed E-state index contributed by atoms with van der Waals surface area (Å²) in [6.07, 6.45) is 4.20. The van der Waals surface area contributed by atoms with Crippen molar-refractivity contribution in [2.24, 2.45) is 5.16 Å². The molecule has 2 bridgehead atoms. The molecule has 0 spiro atoms. The van der Waals surface area contributed by atoms with E-state index in [0.717, 1.165) is 30.5 Å². The van der Waals surface area contributed by atoms with Gasteiger partial charge in [0.25, 0.3) is 0 Å². The second-order valence-electron chi connectivity index (χ2n) is 6.09. The monoisotopic (exact) mass is 302 g/mol. The maximum Gasteiger partial charge on any atom is 0.123 e. The number of rotatable bonds is 4. The van der Waals surface area contributed by atoms with E-state index in [-0.39, 0.29) is 5.82 Å². The Morgan fingerprint density at radius 3 is 2.68 bits per heavy atom. The summed E-state index contributed by atoms with van der Waals surface area (Å²) in [5.41, 5.74) is 4.72. The third-order valence-electron chi connectivity index (χ3n) is 4.98. The third kappa shape index (κ3) is 2.56. The first-order valence-corrected chi connectivity index (χ1v) is 7.97. The second kappa shape index (κ2) is 6.21. The normalized spacial score (nSPS) is 25.7. The van der Waals surface area contributed by atoms with Crippen LogP contribution in [0.1, 0.15) is 38.2 Å². The molecule has 1 aromatic carbocycles. The van der Waals surface area contributed by atoms with E-state index >= 15 is 0 Å². The summed E-state index contributed by atoms with van der Waals surface area (Å²) in [4.78, 5) is 7.53. The van der Waals surface area contributed by atoms with E-state index in [1.165, 1.54) is 17.6 Å². The van der Waals surface area contributed by atoms with E-state index < -0.39 is 0 Å². The van der Waals surface area contributed by atoms with Crippen molar-refractivity contribution in [3.8, 4) is 0 Å². The molecule has 22 heavy (non-hydrogen) atoms. The molecule has 4 heteroatoms. The topological polar surface area (TPSA) is 24.8 Å². The molecule has 0 saturated carbocycles. The van der Waals surface area contributed by atoms with Crippen LogP contribution in [0.5, 0.6) is 0 Å². The molecule has 1 aromatic rings. The molecule has 0 aromatic heterocycles. The average Bonchev–Trinajstić information content (AvgIpc) is 2.76. The molecule has 3 nitrogen and oxygen atoms in total. The van der Waals surface area contributed by atoms with Gasteiger partial charge in [0, 0.05) is 12.1 Å². The number of hydrogen-bond donors (Lipinski definition) is 0. The number of halogens is 1. The van der Waals surface area contributed by atoms with Gasteiger partial charge in [-0.1, -0.05) is 24.2 Å². The molecular formula is C18H23FN2O. The molecule has 2 aliphatic heterocycles. The zero-order valence-corrected chi connectivity index (χ0v) is 13.5. The van der Waals surface area contributed by atoms with Crippen molar-refractivity contribution < 1.29 is 9.23 Å². The quantitative estimate of drug-likeness (QED) is 0.623. The fourth-order valence-corrected chi connectivity index (χ4v) is 3.86. The minimum atomic E-state index is -0.192. The highest BCUT2D eigenvalue weighted by atomic mass is 19.1. The van der Waals surface area contributed by atoms with Gasteiger partial charge < -0.3 is 4.84 Å². The van der Waals surface area contributed by atoms with Crippen LogP contribution in [0.2, 0.25) is 0 Å². The Hall–Kier alpha value is -1.68. The summed E-state index contributed by atoms with van der Waals surface area (Å²) in [6, 6.07) is 7.82. The van der Waals surface area contributed by atoms with Crippen molar-refractivity contribution in [1.29, 1.82) is 0 Å². The van der Waals surface area contributed by atoms with Gasteiger partial charge in [-0.25, -0.2) is 4.39 Å². The summed E-state index contributed by atoms with van der Waals surface area (Å²) >= 11 is 0. The molecular weight excluding hydrogens is 279 g/mol. The smallest absolute Gasteiger partial charge is 0.123 e. The van der Waals surface area contributed by atoms with E-state index in [2.05, 4.69) is 24.0 Å². The first-order valence-electron chi connectivity index (χ1n) is 7.97. The van der Waals surface area contributed by atoms with Crippen LogP contribution < -0.4 is 0 Å². The summed E-state index contributed by atoms with van der Waals surface area (Å²) in [7, 11) is 3.79. The average molecular weight is 302 g/mol. The number of likely N-dealkylation sites (N-methyl/N-ethyl adjacent to an activating group) is 1. The van der Waals surface area contributed by atoms with Crippen LogP contribution in [-0.2, 0) is 4.84 Å². The fourth-order valence-electron chi connectivity index (χ4n) is 3.86. The summed E-state index contributed by atoms with van der Waals surface area (Å²) in [6.45, 7) is 2.11. The lowest BCUT2D eigenvalue weighted by molar-refractivity contribution is 0.211. The lowest BCUT2D eigenvalue weighted by Crippen LogP contribution is -2.40. The Kier molecular flexibility index (Phi) is 4.30. The number of nitrogens with zero attached hydrogens (tertiary/aromatic N) is 2. The van der Waals surface area contributed by atoms with Gasteiger partial charge >= 0.3 is 0 Å². The van der Waals surface area contributed by atoms with Crippen LogP contribution in [0.4, 0.5) is 4.39 Å². The maximum atomic E-state index is 13.3. The van der Waals surface area contributed by atoms with Crippen molar-refractivity contribution >= 4 is 11.3 Å². The Labute approximate surface area is 131 Å². The first kappa shape index (κ1) is 15.2. The molecule has 0 radical (unpaired) electrons. The fraction of sp³-hybridized carbons (Fsp3) is 0.500. The molecule has 118 valence electrons. The minimum absolute atomic E-state index is 0.192. The van der Waals surface area contributed by atoms with Gasteiger partial charge in [0.15, 0.2) is 0 Å². The number of fused-ring (bicyclic) bond motifs is 2. The van der Waals surface area contributed by atoms with E-state index in [4.69, 9.17) is 4.84 Å². The first-order chi connectivity index (χ1) is 10.7. The van der Waals surface area contributed by atoms with Crippen molar-refractivity contribution in [3.05, 3.63) is 41.2 Å².